The molecule has 7 nitrogen and oxygen atoms in total. The van der Waals surface area contributed by atoms with Crippen LogP contribution in [0, 0.1) is 0 Å². The highest BCUT2D eigenvalue weighted by Gasteiger charge is 2.27. The van der Waals surface area contributed by atoms with Crippen LogP contribution in [0.5, 0.6) is 0 Å². The third kappa shape index (κ3) is 3.72. The number of ether oxygens (including phenoxy) is 1. The summed E-state index contributed by atoms with van der Waals surface area (Å²) in [5.41, 5.74) is 1.99. The molecular weight excluding hydrogens is 330 g/mol. The quantitative estimate of drug-likeness (QED) is 0.802. The average molecular weight is 357 g/mol. The van der Waals surface area contributed by atoms with Crippen LogP contribution in [-0.2, 0) is 16.0 Å². The van der Waals surface area contributed by atoms with E-state index in [1.165, 1.54) is 0 Å². The maximum atomic E-state index is 12.2. The summed E-state index contributed by atoms with van der Waals surface area (Å²) in [5.74, 6) is 0.994. The summed E-state index contributed by atoms with van der Waals surface area (Å²) < 4.78 is 5.23. The standard InChI is InChI=1S/C19H27N5O2/c1-4-6-16(25)24-9-5-7-15(12-24)23(2)19-17-14(8-10-26-3)11-20-18(17)21-13-22-19/h4,6,11,13,15H,5,7-10,12H2,1-3H3,(H,20,21,22)/t15-/m1/s1. The second-order valence-corrected chi connectivity index (χ2v) is 6.67. The van der Waals surface area contributed by atoms with E-state index in [-0.39, 0.29) is 11.9 Å². The molecule has 7 heteroatoms. The van der Waals surface area contributed by atoms with Gasteiger partial charge >= 0.3 is 0 Å². The molecule has 0 aliphatic carbocycles. The molecule has 0 bridgehead atoms. The van der Waals surface area contributed by atoms with E-state index in [1.807, 2.05) is 18.0 Å². The van der Waals surface area contributed by atoms with Crippen molar-refractivity contribution in [3.63, 3.8) is 0 Å². The van der Waals surface area contributed by atoms with Crippen molar-refractivity contribution in [2.75, 3.05) is 38.8 Å². The molecule has 0 aromatic carbocycles. The lowest BCUT2D eigenvalue weighted by atomic mass is 10.0. The van der Waals surface area contributed by atoms with Gasteiger partial charge in [0.15, 0.2) is 0 Å². The molecule has 1 atom stereocenters. The number of rotatable bonds is 6. The van der Waals surface area contributed by atoms with Gasteiger partial charge in [0.25, 0.3) is 0 Å². The number of likely N-dealkylation sites (tertiary alicyclic amines) is 1. The van der Waals surface area contributed by atoms with Crippen molar-refractivity contribution in [3.05, 3.63) is 30.2 Å². The number of anilines is 1. The van der Waals surface area contributed by atoms with Gasteiger partial charge in [-0.2, -0.15) is 0 Å². The van der Waals surface area contributed by atoms with Crippen LogP contribution in [0.2, 0.25) is 0 Å². The average Bonchev–Trinajstić information content (AvgIpc) is 3.09. The van der Waals surface area contributed by atoms with E-state index in [1.54, 1.807) is 25.6 Å². The van der Waals surface area contributed by atoms with Crippen LogP contribution in [0.3, 0.4) is 0 Å². The predicted molar refractivity (Wildman–Crippen MR) is 102 cm³/mol. The van der Waals surface area contributed by atoms with Crippen LogP contribution in [0.1, 0.15) is 25.3 Å². The SMILES string of the molecule is CC=CC(=O)N1CCC[C@@H](N(C)c2ncnc3[nH]cc(CCOC)c23)C1. The third-order valence-corrected chi connectivity index (χ3v) is 5.01. The van der Waals surface area contributed by atoms with Crippen molar-refractivity contribution < 1.29 is 9.53 Å². The number of likely N-dealkylation sites (N-methyl/N-ethyl adjacent to an activating group) is 1. The minimum atomic E-state index is 0.0841. The Morgan fingerprint density at radius 1 is 1.50 bits per heavy atom. The van der Waals surface area contributed by atoms with Crippen LogP contribution in [0.15, 0.2) is 24.7 Å². The summed E-state index contributed by atoms with van der Waals surface area (Å²) in [5, 5.41) is 1.05. The number of methoxy groups -OCH3 is 1. The van der Waals surface area contributed by atoms with Crippen molar-refractivity contribution in [2.24, 2.45) is 0 Å². The summed E-state index contributed by atoms with van der Waals surface area (Å²) in [6, 6.07) is 0.237. The van der Waals surface area contributed by atoms with E-state index in [9.17, 15) is 4.79 Å². The summed E-state index contributed by atoms with van der Waals surface area (Å²) in [4.78, 5) is 28.5. The number of nitrogens with zero attached hydrogens (tertiary/aromatic N) is 4. The number of aromatic nitrogens is 3. The Hall–Kier alpha value is -2.41. The highest BCUT2D eigenvalue weighted by molar-refractivity contribution is 5.91. The topological polar surface area (TPSA) is 74.4 Å². The van der Waals surface area contributed by atoms with Gasteiger partial charge in [0.1, 0.15) is 17.8 Å². The summed E-state index contributed by atoms with van der Waals surface area (Å²) in [6.07, 6.45) is 9.86. The Balaban J connectivity index is 1.86. The minimum Gasteiger partial charge on any atom is -0.384 e. The largest absolute Gasteiger partial charge is 0.384 e. The minimum absolute atomic E-state index is 0.0841. The molecule has 2 aromatic heterocycles. The maximum Gasteiger partial charge on any atom is 0.246 e. The molecule has 1 N–H and O–H groups in total. The number of carbonyl (C=O) groups is 1. The molecule has 3 heterocycles. The molecule has 0 radical (unpaired) electrons. The first-order valence-corrected chi connectivity index (χ1v) is 9.10. The van der Waals surface area contributed by atoms with E-state index < -0.39 is 0 Å². The van der Waals surface area contributed by atoms with Crippen molar-refractivity contribution in [1.82, 2.24) is 19.9 Å². The van der Waals surface area contributed by atoms with Gasteiger partial charge in [-0.05, 0) is 37.8 Å². The number of aromatic amines is 1. The van der Waals surface area contributed by atoms with E-state index in [4.69, 9.17) is 4.74 Å². The molecule has 0 saturated carbocycles. The van der Waals surface area contributed by atoms with Gasteiger partial charge in [-0.3, -0.25) is 4.79 Å². The molecule has 26 heavy (non-hydrogen) atoms. The van der Waals surface area contributed by atoms with E-state index in [2.05, 4.69) is 26.9 Å². The van der Waals surface area contributed by atoms with Gasteiger partial charge in [0.05, 0.1) is 12.0 Å². The lowest BCUT2D eigenvalue weighted by molar-refractivity contribution is -0.127. The second-order valence-electron chi connectivity index (χ2n) is 6.67. The van der Waals surface area contributed by atoms with Gasteiger partial charge in [0, 0.05) is 39.5 Å². The van der Waals surface area contributed by atoms with Crippen LogP contribution < -0.4 is 4.90 Å². The number of carbonyl (C=O) groups excluding carboxylic acids is 1. The monoisotopic (exact) mass is 357 g/mol. The number of nitrogens with one attached hydrogen (secondary N) is 1. The molecule has 0 unspecified atom stereocenters. The highest BCUT2D eigenvalue weighted by Crippen LogP contribution is 2.29. The Kier molecular flexibility index (Phi) is 5.88. The lowest BCUT2D eigenvalue weighted by Gasteiger charge is -2.38. The first-order chi connectivity index (χ1) is 12.7. The molecular formula is C19H27N5O2. The number of fused-ring (bicyclic) bond motifs is 1. The second kappa shape index (κ2) is 8.31. The number of amides is 1. The van der Waals surface area contributed by atoms with Crippen LogP contribution >= 0.6 is 0 Å². The van der Waals surface area contributed by atoms with Crippen LogP contribution in [-0.4, -0.2) is 65.7 Å². The molecule has 1 fully saturated rings. The first kappa shape index (κ1) is 18.4. The third-order valence-electron chi connectivity index (χ3n) is 5.01. The maximum absolute atomic E-state index is 12.2. The molecule has 3 rings (SSSR count). The summed E-state index contributed by atoms with van der Waals surface area (Å²) in [7, 11) is 3.76. The number of piperidine rings is 1. The van der Waals surface area contributed by atoms with Crippen LogP contribution in [0.25, 0.3) is 11.0 Å². The normalized spacial score (nSPS) is 18.0. The molecule has 140 valence electrons. The molecule has 0 spiro atoms. The zero-order chi connectivity index (χ0) is 18.5. The van der Waals surface area contributed by atoms with Crippen LogP contribution in [0.4, 0.5) is 5.82 Å². The van der Waals surface area contributed by atoms with Crippen molar-refractivity contribution in [1.29, 1.82) is 0 Å². The number of allylic oxidation sites excluding steroid dienone is 1. The zero-order valence-corrected chi connectivity index (χ0v) is 15.7. The van der Waals surface area contributed by atoms with Gasteiger partial charge < -0.3 is 19.5 Å². The highest BCUT2D eigenvalue weighted by atomic mass is 16.5. The van der Waals surface area contributed by atoms with E-state index in [0.29, 0.717) is 13.2 Å². The fourth-order valence-corrected chi connectivity index (χ4v) is 3.58. The molecule has 2 aromatic rings. The van der Waals surface area contributed by atoms with Gasteiger partial charge in [-0.15, -0.1) is 0 Å². The predicted octanol–water partition coefficient (Wildman–Crippen LogP) is 2.15. The van der Waals surface area contributed by atoms with Crippen molar-refractivity contribution >= 4 is 22.8 Å². The van der Waals surface area contributed by atoms with E-state index >= 15 is 0 Å². The van der Waals surface area contributed by atoms with Gasteiger partial charge in [-0.25, -0.2) is 9.97 Å². The lowest BCUT2D eigenvalue weighted by Crippen LogP contribution is -2.48. The number of hydrogen-bond donors (Lipinski definition) is 1. The van der Waals surface area contributed by atoms with Crippen molar-refractivity contribution in [2.45, 2.75) is 32.2 Å². The fourth-order valence-electron chi connectivity index (χ4n) is 3.58. The molecule has 1 aliphatic heterocycles. The summed E-state index contributed by atoms with van der Waals surface area (Å²) >= 11 is 0. The Morgan fingerprint density at radius 2 is 2.35 bits per heavy atom. The van der Waals surface area contributed by atoms with E-state index in [0.717, 1.165) is 48.2 Å². The molecule has 1 amide bonds. The van der Waals surface area contributed by atoms with Gasteiger partial charge in [-0.1, -0.05) is 6.08 Å². The van der Waals surface area contributed by atoms with Crippen molar-refractivity contribution in [3.8, 4) is 0 Å². The Morgan fingerprint density at radius 3 is 3.12 bits per heavy atom. The smallest absolute Gasteiger partial charge is 0.246 e. The Bertz CT molecular complexity index is 785. The zero-order valence-electron chi connectivity index (χ0n) is 15.7. The number of hydrogen-bond acceptors (Lipinski definition) is 5. The number of H-pyrrole nitrogens is 1. The fraction of sp³-hybridized carbons (Fsp3) is 0.526. The molecule has 1 aliphatic rings. The Labute approximate surface area is 154 Å². The molecule has 1 saturated heterocycles. The van der Waals surface area contributed by atoms with Gasteiger partial charge in [0.2, 0.25) is 5.91 Å². The summed E-state index contributed by atoms with van der Waals surface area (Å²) in [6.45, 7) is 4.05. The first-order valence-electron chi connectivity index (χ1n) is 9.10.